The van der Waals surface area contributed by atoms with Gasteiger partial charge in [0.15, 0.2) is 0 Å². The summed E-state index contributed by atoms with van der Waals surface area (Å²) in [5.74, 6) is -0.451. The number of benzene rings is 2. The van der Waals surface area contributed by atoms with Gasteiger partial charge in [-0.15, -0.1) is 11.3 Å². The van der Waals surface area contributed by atoms with Crippen molar-refractivity contribution >= 4 is 29.2 Å². The summed E-state index contributed by atoms with van der Waals surface area (Å²) >= 11 is 1.51. The Balaban J connectivity index is 1.71. The molecule has 0 saturated heterocycles. The monoisotopic (exact) mass is 390 g/mol. The highest BCUT2D eigenvalue weighted by molar-refractivity contribution is 7.10. The van der Waals surface area contributed by atoms with E-state index in [-0.39, 0.29) is 23.4 Å². The van der Waals surface area contributed by atoms with E-state index in [1.54, 1.807) is 30.3 Å². The van der Waals surface area contributed by atoms with Crippen molar-refractivity contribution in [3.05, 3.63) is 99.9 Å². The van der Waals surface area contributed by atoms with Crippen molar-refractivity contribution in [1.82, 2.24) is 10.6 Å². The summed E-state index contributed by atoms with van der Waals surface area (Å²) in [7, 11) is 0. The van der Waals surface area contributed by atoms with Crippen LogP contribution in [0.25, 0.3) is 6.08 Å². The summed E-state index contributed by atoms with van der Waals surface area (Å²) in [5, 5.41) is 7.61. The second-order valence-electron chi connectivity index (χ2n) is 6.42. The van der Waals surface area contributed by atoms with Crippen LogP contribution in [0.4, 0.5) is 0 Å². The van der Waals surface area contributed by atoms with E-state index >= 15 is 0 Å². The zero-order chi connectivity index (χ0) is 19.8. The Hall–Kier alpha value is -3.18. The Morgan fingerprint density at radius 3 is 2.29 bits per heavy atom. The van der Waals surface area contributed by atoms with Crippen molar-refractivity contribution in [2.75, 3.05) is 6.54 Å². The molecule has 142 valence electrons. The van der Waals surface area contributed by atoms with E-state index in [0.717, 1.165) is 10.4 Å². The molecule has 1 heterocycles. The number of carbonyl (C=O) groups is 2. The zero-order valence-corrected chi connectivity index (χ0v) is 16.4. The third-order valence-corrected chi connectivity index (χ3v) is 5.12. The van der Waals surface area contributed by atoms with Gasteiger partial charge in [-0.05, 0) is 41.1 Å². The highest BCUT2D eigenvalue weighted by Gasteiger charge is 2.16. The molecule has 5 heteroatoms. The Labute approximate surface area is 168 Å². The largest absolute Gasteiger partial charge is 0.350 e. The highest BCUT2D eigenvalue weighted by Crippen LogP contribution is 2.15. The lowest BCUT2D eigenvalue weighted by Crippen LogP contribution is -2.36. The third kappa shape index (κ3) is 5.41. The molecule has 1 atom stereocenters. The molecule has 4 nitrogen and oxygen atoms in total. The summed E-state index contributed by atoms with van der Waals surface area (Å²) in [4.78, 5) is 26.2. The molecule has 1 aromatic heterocycles. The van der Waals surface area contributed by atoms with E-state index in [1.165, 1.54) is 11.3 Å². The Bertz CT molecular complexity index is 935. The van der Waals surface area contributed by atoms with Gasteiger partial charge in [0.2, 0.25) is 0 Å². The van der Waals surface area contributed by atoms with Crippen LogP contribution in [0.1, 0.15) is 33.6 Å². The summed E-state index contributed by atoms with van der Waals surface area (Å²) < 4.78 is 0. The molecule has 0 aliphatic carbocycles. The summed E-state index contributed by atoms with van der Waals surface area (Å²) in [5.41, 5.74) is 1.89. The van der Waals surface area contributed by atoms with Crippen LogP contribution in [0.15, 0.2) is 83.9 Å². The number of nitrogens with one attached hydrogen (secondary N) is 2. The molecule has 1 unspecified atom stereocenters. The number of amides is 2. The maximum Gasteiger partial charge on any atom is 0.267 e. The summed E-state index contributed by atoms with van der Waals surface area (Å²) in [6, 6.07) is 22.7. The summed E-state index contributed by atoms with van der Waals surface area (Å²) in [6.45, 7) is 2.53. The lowest BCUT2D eigenvalue weighted by molar-refractivity contribution is -0.117. The van der Waals surface area contributed by atoms with Gasteiger partial charge >= 0.3 is 0 Å². The topological polar surface area (TPSA) is 58.2 Å². The van der Waals surface area contributed by atoms with Crippen molar-refractivity contribution in [1.29, 1.82) is 0 Å². The van der Waals surface area contributed by atoms with Crippen LogP contribution in [0.3, 0.4) is 0 Å². The first-order valence-electron chi connectivity index (χ1n) is 9.08. The van der Waals surface area contributed by atoms with Crippen LogP contribution in [0.5, 0.6) is 0 Å². The second-order valence-corrected chi connectivity index (χ2v) is 7.39. The number of thiophene rings is 1. The van der Waals surface area contributed by atoms with Gasteiger partial charge in [0.1, 0.15) is 5.70 Å². The quantitative estimate of drug-likeness (QED) is 0.586. The number of rotatable bonds is 7. The lowest BCUT2D eigenvalue weighted by atomic mass is 10.0. The molecular formula is C23H22N2O2S. The van der Waals surface area contributed by atoms with Crippen LogP contribution in [0, 0.1) is 0 Å². The van der Waals surface area contributed by atoms with E-state index in [1.807, 2.05) is 53.9 Å². The SMILES string of the molecule is CC(CNC(=O)/C(=C/c1cccs1)NC(=O)c1ccccc1)c1ccccc1. The van der Waals surface area contributed by atoms with Crippen molar-refractivity contribution in [2.24, 2.45) is 0 Å². The molecule has 2 aromatic carbocycles. The molecule has 0 aliphatic rings. The van der Waals surface area contributed by atoms with E-state index in [9.17, 15) is 9.59 Å². The zero-order valence-electron chi connectivity index (χ0n) is 15.6. The van der Waals surface area contributed by atoms with Crippen LogP contribution in [-0.4, -0.2) is 18.4 Å². The normalized spacial score (nSPS) is 12.2. The lowest BCUT2D eigenvalue weighted by Gasteiger charge is -2.15. The van der Waals surface area contributed by atoms with E-state index < -0.39 is 0 Å². The molecular weight excluding hydrogens is 368 g/mol. The summed E-state index contributed by atoms with van der Waals surface area (Å²) in [6.07, 6.45) is 1.70. The van der Waals surface area contributed by atoms with Gasteiger partial charge in [-0.2, -0.15) is 0 Å². The maximum atomic E-state index is 12.8. The van der Waals surface area contributed by atoms with Crippen molar-refractivity contribution < 1.29 is 9.59 Å². The van der Waals surface area contributed by atoms with E-state index in [0.29, 0.717) is 12.1 Å². The molecule has 2 amide bonds. The Morgan fingerprint density at radius 1 is 0.964 bits per heavy atom. The standard InChI is InChI=1S/C23H22N2O2S/c1-17(18-9-4-2-5-10-18)16-24-23(27)21(15-20-13-8-14-28-20)25-22(26)19-11-6-3-7-12-19/h2-15,17H,16H2,1H3,(H,24,27)(H,25,26)/b21-15-. The van der Waals surface area contributed by atoms with Crippen LogP contribution in [-0.2, 0) is 4.79 Å². The molecule has 3 aromatic rings. The van der Waals surface area contributed by atoms with Gasteiger partial charge < -0.3 is 10.6 Å². The van der Waals surface area contributed by atoms with Crippen LogP contribution in [0.2, 0.25) is 0 Å². The van der Waals surface area contributed by atoms with Gasteiger partial charge in [0.05, 0.1) is 0 Å². The first-order valence-corrected chi connectivity index (χ1v) is 9.96. The third-order valence-electron chi connectivity index (χ3n) is 4.30. The van der Waals surface area contributed by atoms with Crippen molar-refractivity contribution in [2.45, 2.75) is 12.8 Å². The Kier molecular flexibility index (Phi) is 6.76. The highest BCUT2D eigenvalue weighted by atomic mass is 32.1. The molecule has 0 bridgehead atoms. The van der Waals surface area contributed by atoms with Gasteiger partial charge in [-0.3, -0.25) is 9.59 Å². The average molecular weight is 391 g/mol. The maximum absolute atomic E-state index is 12.8. The molecule has 0 fully saturated rings. The molecule has 3 rings (SSSR count). The number of carbonyl (C=O) groups excluding carboxylic acids is 2. The van der Waals surface area contributed by atoms with Crippen molar-refractivity contribution in [3.8, 4) is 0 Å². The molecule has 2 N–H and O–H groups in total. The van der Waals surface area contributed by atoms with E-state index in [2.05, 4.69) is 17.6 Å². The molecule has 0 spiro atoms. The fourth-order valence-electron chi connectivity index (χ4n) is 2.70. The van der Waals surface area contributed by atoms with Gasteiger partial charge in [0, 0.05) is 17.0 Å². The predicted octanol–water partition coefficient (Wildman–Crippen LogP) is 4.44. The van der Waals surface area contributed by atoms with Gasteiger partial charge in [-0.1, -0.05) is 61.5 Å². The minimum absolute atomic E-state index is 0.165. The smallest absolute Gasteiger partial charge is 0.267 e. The van der Waals surface area contributed by atoms with Gasteiger partial charge in [-0.25, -0.2) is 0 Å². The van der Waals surface area contributed by atoms with E-state index in [4.69, 9.17) is 0 Å². The van der Waals surface area contributed by atoms with Crippen molar-refractivity contribution in [3.63, 3.8) is 0 Å². The minimum atomic E-state index is -0.310. The fraction of sp³-hybridized carbons (Fsp3) is 0.130. The first-order chi connectivity index (χ1) is 13.6. The fourth-order valence-corrected chi connectivity index (χ4v) is 3.36. The molecule has 0 radical (unpaired) electrons. The Morgan fingerprint density at radius 2 is 1.64 bits per heavy atom. The molecule has 0 aliphatic heterocycles. The molecule has 28 heavy (non-hydrogen) atoms. The van der Waals surface area contributed by atoms with Crippen LogP contribution < -0.4 is 10.6 Å². The number of hydrogen-bond donors (Lipinski definition) is 2. The minimum Gasteiger partial charge on any atom is -0.350 e. The molecule has 0 saturated carbocycles. The van der Waals surface area contributed by atoms with Gasteiger partial charge in [0.25, 0.3) is 11.8 Å². The average Bonchev–Trinajstić information content (AvgIpc) is 3.25. The first kappa shape index (κ1) is 19.6. The predicted molar refractivity (Wildman–Crippen MR) is 114 cm³/mol. The van der Waals surface area contributed by atoms with Crippen LogP contribution >= 0.6 is 11.3 Å². The number of hydrogen-bond acceptors (Lipinski definition) is 3. The second kappa shape index (κ2) is 9.67.